The van der Waals surface area contributed by atoms with E-state index in [1.54, 1.807) is 0 Å². The normalized spacial score (nSPS) is 11.0. The zero-order chi connectivity index (χ0) is 17.1. The lowest BCUT2D eigenvalue weighted by atomic mass is 9.91. The van der Waals surface area contributed by atoms with Crippen molar-refractivity contribution in [3.63, 3.8) is 0 Å². The van der Waals surface area contributed by atoms with E-state index in [1.807, 2.05) is 48.5 Å². The minimum Gasteiger partial charge on any atom is -0.338 e. The molecule has 4 rings (SSSR count). The molecule has 0 bridgehead atoms. The van der Waals surface area contributed by atoms with E-state index in [1.165, 1.54) is 5.56 Å². The van der Waals surface area contributed by atoms with Gasteiger partial charge in [-0.2, -0.15) is 4.98 Å². The van der Waals surface area contributed by atoms with Crippen LogP contribution in [0.1, 0.15) is 28.5 Å². The molecule has 1 heterocycles. The number of aromatic nitrogens is 2. The molecule has 3 nitrogen and oxygen atoms in total. The summed E-state index contributed by atoms with van der Waals surface area (Å²) in [6.07, 6.45) is 0. The second-order valence-corrected chi connectivity index (χ2v) is 6.08. The zero-order valence-corrected chi connectivity index (χ0v) is 14.0. The van der Waals surface area contributed by atoms with E-state index in [9.17, 15) is 0 Å². The van der Waals surface area contributed by atoms with Crippen LogP contribution >= 0.6 is 0 Å². The first kappa shape index (κ1) is 15.3. The standard InChI is InChI=1S/C22H18N2O/c1-16-12-14-19(15-13-16)21-23-22(25-24-21)20(17-8-4-2-5-9-17)18-10-6-3-7-11-18/h2-15,20H,1H3. The first-order chi connectivity index (χ1) is 12.3. The van der Waals surface area contributed by atoms with Crippen LogP contribution in [0.4, 0.5) is 0 Å². The van der Waals surface area contributed by atoms with Gasteiger partial charge in [0.05, 0.1) is 5.92 Å². The van der Waals surface area contributed by atoms with Crippen molar-refractivity contribution in [1.29, 1.82) is 0 Å². The Morgan fingerprint density at radius 1 is 0.720 bits per heavy atom. The van der Waals surface area contributed by atoms with E-state index in [0.29, 0.717) is 11.7 Å². The van der Waals surface area contributed by atoms with Gasteiger partial charge in [-0.25, -0.2) is 0 Å². The van der Waals surface area contributed by atoms with Crippen LogP contribution in [0.3, 0.4) is 0 Å². The SMILES string of the molecule is Cc1ccc(-c2noc(C(c3ccccc3)c3ccccc3)n2)cc1. The van der Waals surface area contributed by atoms with Gasteiger partial charge >= 0.3 is 0 Å². The third kappa shape index (κ3) is 3.22. The van der Waals surface area contributed by atoms with Crippen LogP contribution in [0, 0.1) is 6.92 Å². The predicted molar refractivity (Wildman–Crippen MR) is 98.3 cm³/mol. The summed E-state index contributed by atoms with van der Waals surface area (Å²) >= 11 is 0. The lowest BCUT2D eigenvalue weighted by Crippen LogP contribution is -2.03. The first-order valence-corrected chi connectivity index (χ1v) is 8.32. The molecule has 0 aliphatic rings. The van der Waals surface area contributed by atoms with Crippen molar-refractivity contribution < 1.29 is 4.52 Å². The second kappa shape index (κ2) is 6.73. The maximum atomic E-state index is 5.66. The lowest BCUT2D eigenvalue weighted by Gasteiger charge is -2.13. The molecule has 0 saturated heterocycles. The number of hydrogen-bond donors (Lipinski definition) is 0. The highest BCUT2D eigenvalue weighted by molar-refractivity contribution is 5.55. The van der Waals surface area contributed by atoms with Crippen LogP contribution in [-0.4, -0.2) is 10.1 Å². The summed E-state index contributed by atoms with van der Waals surface area (Å²) in [6.45, 7) is 2.06. The largest absolute Gasteiger partial charge is 0.338 e. The number of aryl methyl sites for hydroxylation is 1. The molecular weight excluding hydrogens is 308 g/mol. The summed E-state index contributed by atoms with van der Waals surface area (Å²) < 4.78 is 5.66. The molecule has 0 atom stereocenters. The molecular formula is C22H18N2O. The van der Waals surface area contributed by atoms with Crippen molar-refractivity contribution in [2.45, 2.75) is 12.8 Å². The summed E-state index contributed by atoms with van der Waals surface area (Å²) in [5.74, 6) is 1.15. The van der Waals surface area contributed by atoms with Gasteiger partial charge in [0.15, 0.2) is 0 Å². The Morgan fingerprint density at radius 3 is 1.84 bits per heavy atom. The van der Waals surface area contributed by atoms with Crippen molar-refractivity contribution in [2.75, 3.05) is 0 Å². The first-order valence-electron chi connectivity index (χ1n) is 8.32. The monoisotopic (exact) mass is 326 g/mol. The van der Waals surface area contributed by atoms with Gasteiger partial charge in [0.1, 0.15) is 0 Å². The third-order valence-electron chi connectivity index (χ3n) is 4.26. The Hall–Kier alpha value is -3.20. The zero-order valence-electron chi connectivity index (χ0n) is 14.0. The molecule has 122 valence electrons. The molecule has 0 unspecified atom stereocenters. The number of rotatable bonds is 4. The molecule has 3 heteroatoms. The van der Waals surface area contributed by atoms with Crippen LogP contribution in [0.15, 0.2) is 89.5 Å². The molecule has 0 saturated carbocycles. The molecule has 0 fully saturated rings. The Labute approximate surface area is 147 Å². The van der Waals surface area contributed by atoms with Gasteiger partial charge in [0.25, 0.3) is 0 Å². The van der Waals surface area contributed by atoms with Crippen molar-refractivity contribution >= 4 is 0 Å². The van der Waals surface area contributed by atoms with E-state index >= 15 is 0 Å². The van der Waals surface area contributed by atoms with E-state index in [2.05, 4.69) is 53.5 Å². The Bertz CT molecular complexity index is 905. The molecule has 0 spiro atoms. The summed E-state index contributed by atoms with van der Waals surface area (Å²) in [7, 11) is 0. The van der Waals surface area contributed by atoms with Crippen LogP contribution in [0.5, 0.6) is 0 Å². The van der Waals surface area contributed by atoms with Gasteiger partial charge in [0, 0.05) is 5.56 Å². The minimum absolute atomic E-state index is 0.0749. The molecule has 3 aromatic carbocycles. The Balaban J connectivity index is 1.77. The smallest absolute Gasteiger partial charge is 0.238 e. The molecule has 0 amide bonds. The van der Waals surface area contributed by atoms with Crippen molar-refractivity contribution in [3.05, 3.63) is 108 Å². The van der Waals surface area contributed by atoms with Crippen LogP contribution in [0.25, 0.3) is 11.4 Å². The molecule has 1 aromatic heterocycles. The fourth-order valence-corrected chi connectivity index (χ4v) is 2.94. The van der Waals surface area contributed by atoms with Crippen molar-refractivity contribution in [1.82, 2.24) is 10.1 Å². The Morgan fingerprint density at radius 2 is 1.28 bits per heavy atom. The average Bonchev–Trinajstić information content (AvgIpc) is 3.14. The van der Waals surface area contributed by atoms with Gasteiger partial charge in [-0.05, 0) is 18.1 Å². The van der Waals surface area contributed by atoms with Gasteiger partial charge in [-0.3, -0.25) is 0 Å². The summed E-state index contributed by atoms with van der Waals surface area (Å²) in [5.41, 5.74) is 4.43. The van der Waals surface area contributed by atoms with Crippen LogP contribution < -0.4 is 0 Å². The van der Waals surface area contributed by atoms with Crippen LogP contribution in [-0.2, 0) is 0 Å². The topological polar surface area (TPSA) is 38.9 Å². The molecule has 0 aliphatic carbocycles. The number of benzene rings is 3. The molecule has 0 N–H and O–H groups in total. The fourth-order valence-electron chi connectivity index (χ4n) is 2.94. The highest BCUT2D eigenvalue weighted by atomic mass is 16.5. The maximum absolute atomic E-state index is 5.66. The predicted octanol–water partition coefficient (Wildman–Crippen LogP) is 5.23. The number of nitrogens with zero attached hydrogens (tertiary/aromatic N) is 2. The van der Waals surface area contributed by atoms with Crippen molar-refractivity contribution in [3.8, 4) is 11.4 Å². The fraction of sp³-hybridized carbons (Fsp3) is 0.0909. The lowest BCUT2D eigenvalue weighted by molar-refractivity contribution is 0.375. The van der Waals surface area contributed by atoms with Gasteiger partial charge in [0.2, 0.25) is 11.7 Å². The minimum atomic E-state index is -0.0749. The summed E-state index contributed by atoms with van der Waals surface area (Å²) in [4.78, 5) is 4.69. The molecule has 0 radical (unpaired) electrons. The van der Waals surface area contributed by atoms with E-state index in [4.69, 9.17) is 4.52 Å². The van der Waals surface area contributed by atoms with E-state index in [0.717, 1.165) is 16.7 Å². The van der Waals surface area contributed by atoms with E-state index < -0.39 is 0 Å². The third-order valence-corrected chi connectivity index (χ3v) is 4.26. The molecule has 25 heavy (non-hydrogen) atoms. The molecule has 4 aromatic rings. The van der Waals surface area contributed by atoms with E-state index in [-0.39, 0.29) is 5.92 Å². The second-order valence-electron chi connectivity index (χ2n) is 6.08. The summed E-state index contributed by atoms with van der Waals surface area (Å²) in [6, 6.07) is 28.6. The van der Waals surface area contributed by atoms with Gasteiger partial charge < -0.3 is 4.52 Å². The van der Waals surface area contributed by atoms with Gasteiger partial charge in [-0.15, -0.1) is 0 Å². The van der Waals surface area contributed by atoms with Crippen molar-refractivity contribution in [2.24, 2.45) is 0 Å². The van der Waals surface area contributed by atoms with Crippen LogP contribution in [0.2, 0.25) is 0 Å². The maximum Gasteiger partial charge on any atom is 0.238 e. The average molecular weight is 326 g/mol. The van der Waals surface area contributed by atoms with Gasteiger partial charge in [-0.1, -0.05) is 95.6 Å². The number of hydrogen-bond acceptors (Lipinski definition) is 3. The molecule has 0 aliphatic heterocycles. The Kier molecular flexibility index (Phi) is 4.13. The summed E-state index contributed by atoms with van der Waals surface area (Å²) in [5, 5.41) is 4.20. The highest BCUT2D eigenvalue weighted by Gasteiger charge is 2.23. The highest BCUT2D eigenvalue weighted by Crippen LogP contribution is 2.31. The quantitative estimate of drug-likeness (QED) is 0.516.